The molecule has 3 rings (SSSR count). The van der Waals surface area contributed by atoms with Gasteiger partial charge in [-0.15, -0.1) is 0 Å². The summed E-state index contributed by atoms with van der Waals surface area (Å²) in [4.78, 5) is 18.4. The Morgan fingerprint density at radius 2 is 2.08 bits per heavy atom. The molecule has 0 aliphatic carbocycles. The number of aromatic nitrogens is 2. The molecule has 2 aromatic rings. The van der Waals surface area contributed by atoms with Gasteiger partial charge in [0, 0.05) is 24.2 Å². The fraction of sp³-hybridized carbons (Fsp3) is 0.556. The number of alkyl halides is 3. The molecule has 1 N–H and O–H groups in total. The molecule has 0 bridgehead atoms. The zero-order valence-corrected chi connectivity index (χ0v) is 15.1. The van der Waals surface area contributed by atoms with Gasteiger partial charge in [-0.05, 0) is 58.5 Å². The number of carbonyl (C=O) groups excluding carboxylic acids is 1. The molecule has 142 valence electrons. The van der Waals surface area contributed by atoms with E-state index in [1.165, 1.54) is 6.07 Å². The van der Waals surface area contributed by atoms with Gasteiger partial charge in [-0.2, -0.15) is 13.2 Å². The van der Waals surface area contributed by atoms with E-state index in [9.17, 15) is 18.0 Å². The van der Waals surface area contributed by atoms with Gasteiger partial charge >= 0.3 is 6.18 Å². The molecular formula is C18H23F3N4O. The monoisotopic (exact) mass is 368 g/mol. The number of halogens is 3. The highest BCUT2D eigenvalue weighted by Crippen LogP contribution is 2.33. The lowest BCUT2D eigenvalue weighted by Crippen LogP contribution is -2.46. The summed E-state index contributed by atoms with van der Waals surface area (Å²) in [6.45, 7) is 5.13. The molecule has 2 heterocycles. The molecule has 1 aromatic carbocycles. The number of fused-ring (bicyclic) bond motifs is 1. The molecule has 8 heteroatoms. The molecule has 26 heavy (non-hydrogen) atoms. The second kappa shape index (κ2) is 6.90. The minimum absolute atomic E-state index is 0.0518. The first-order valence-corrected chi connectivity index (χ1v) is 8.75. The van der Waals surface area contributed by atoms with E-state index in [-0.39, 0.29) is 17.5 Å². The first-order chi connectivity index (χ1) is 12.2. The molecular weight excluding hydrogens is 345 g/mol. The van der Waals surface area contributed by atoms with Gasteiger partial charge in [-0.1, -0.05) is 0 Å². The van der Waals surface area contributed by atoms with Crippen LogP contribution in [0.1, 0.15) is 48.9 Å². The normalized spacial score (nSPS) is 19.3. The standard InChI is InChI=1S/C18H23F3N4O/c1-11(2)25-15-7-6-12(9-14(15)23-17(25)18(19,20)21)16(26)22-13-5-4-8-24(3)10-13/h6-7,9,11,13H,4-5,8,10H2,1-3H3,(H,22,26). The van der Waals surface area contributed by atoms with Crippen LogP contribution in [0.25, 0.3) is 11.0 Å². The Morgan fingerprint density at radius 3 is 2.69 bits per heavy atom. The van der Waals surface area contributed by atoms with Gasteiger partial charge in [-0.3, -0.25) is 4.79 Å². The summed E-state index contributed by atoms with van der Waals surface area (Å²) < 4.78 is 41.0. The van der Waals surface area contributed by atoms with E-state index in [2.05, 4.69) is 15.2 Å². The number of nitrogens with zero attached hydrogens (tertiary/aromatic N) is 3. The van der Waals surface area contributed by atoms with Crippen LogP contribution in [0.2, 0.25) is 0 Å². The average molecular weight is 368 g/mol. The summed E-state index contributed by atoms with van der Waals surface area (Å²) in [5.41, 5.74) is 0.883. The van der Waals surface area contributed by atoms with Gasteiger partial charge in [0.1, 0.15) is 0 Å². The van der Waals surface area contributed by atoms with Crippen molar-refractivity contribution < 1.29 is 18.0 Å². The molecule has 1 saturated heterocycles. The predicted octanol–water partition coefficient (Wildman–Crippen LogP) is 3.46. The van der Waals surface area contributed by atoms with Gasteiger partial charge in [0.05, 0.1) is 11.0 Å². The third kappa shape index (κ3) is 3.70. The Bertz CT molecular complexity index is 813. The number of hydrogen-bond acceptors (Lipinski definition) is 3. The van der Waals surface area contributed by atoms with Crippen LogP contribution in [0.15, 0.2) is 18.2 Å². The first kappa shape index (κ1) is 18.7. The van der Waals surface area contributed by atoms with E-state index in [4.69, 9.17) is 0 Å². The summed E-state index contributed by atoms with van der Waals surface area (Å²) in [7, 11) is 2.00. The van der Waals surface area contributed by atoms with E-state index >= 15 is 0 Å². The summed E-state index contributed by atoms with van der Waals surface area (Å²) >= 11 is 0. The zero-order chi connectivity index (χ0) is 19.1. The zero-order valence-electron chi connectivity index (χ0n) is 15.1. The van der Waals surface area contributed by atoms with Crippen LogP contribution < -0.4 is 5.32 Å². The number of rotatable bonds is 3. The van der Waals surface area contributed by atoms with Crippen molar-refractivity contribution in [2.24, 2.45) is 0 Å². The highest BCUT2D eigenvalue weighted by molar-refractivity contribution is 5.97. The molecule has 0 spiro atoms. The topological polar surface area (TPSA) is 50.2 Å². The minimum atomic E-state index is -4.54. The molecule has 1 atom stereocenters. The van der Waals surface area contributed by atoms with Crippen molar-refractivity contribution in [3.63, 3.8) is 0 Å². The van der Waals surface area contributed by atoms with Gasteiger partial charge in [0.25, 0.3) is 5.91 Å². The molecule has 1 unspecified atom stereocenters. The second-order valence-corrected chi connectivity index (χ2v) is 7.18. The number of likely N-dealkylation sites (N-methyl/N-ethyl adjacent to an activating group) is 1. The van der Waals surface area contributed by atoms with Crippen LogP contribution in [-0.4, -0.2) is 46.5 Å². The maximum Gasteiger partial charge on any atom is 0.449 e. The first-order valence-electron chi connectivity index (χ1n) is 8.75. The van der Waals surface area contributed by atoms with Gasteiger partial charge in [0.2, 0.25) is 5.82 Å². The van der Waals surface area contributed by atoms with Gasteiger partial charge in [0.15, 0.2) is 0 Å². The van der Waals surface area contributed by atoms with Crippen LogP contribution in [0.4, 0.5) is 13.2 Å². The molecule has 1 fully saturated rings. The molecule has 1 aliphatic heterocycles. The van der Waals surface area contributed by atoms with E-state index in [0.29, 0.717) is 11.1 Å². The van der Waals surface area contributed by atoms with E-state index in [0.717, 1.165) is 30.5 Å². The molecule has 1 aromatic heterocycles. The number of piperidine rings is 1. The number of benzene rings is 1. The molecule has 1 amide bonds. The largest absolute Gasteiger partial charge is 0.449 e. The Kier molecular flexibility index (Phi) is 4.96. The summed E-state index contributed by atoms with van der Waals surface area (Å²) in [6.07, 6.45) is -2.63. The van der Waals surface area contributed by atoms with Crippen LogP contribution in [0, 0.1) is 0 Å². The number of hydrogen-bond donors (Lipinski definition) is 1. The lowest BCUT2D eigenvalue weighted by Gasteiger charge is -2.30. The fourth-order valence-electron chi connectivity index (χ4n) is 3.52. The Hall–Kier alpha value is -2.09. The molecule has 5 nitrogen and oxygen atoms in total. The smallest absolute Gasteiger partial charge is 0.348 e. The second-order valence-electron chi connectivity index (χ2n) is 7.18. The summed E-state index contributed by atoms with van der Waals surface area (Å²) in [5.74, 6) is -1.21. The van der Waals surface area contributed by atoms with Crippen molar-refractivity contribution in [2.75, 3.05) is 20.1 Å². The molecule has 0 radical (unpaired) electrons. The maximum atomic E-state index is 13.3. The number of nitrogens with one attached hydrogen (secondary N) is 1. The molecule has 0 saturated carbocycles. The Labute approximate surface area is 150 Å². The van der Waals surface area contributed by atoms with Crippen molar-refractivity contribution >= 4 is 16.9 Å². The number of imidazole rings is 1. The van der Waals surface area contributed by atoms with Crippen molar-refractivity contribution in [1.82, 2.24) is 19.8 Å². The maximum absolute atomic E-state index is 13.3. The van der Waals surface area contributed by atoms with Crippen molar-refractivity contribution in [3.8, 4) is 0 Å². The number of carbonyl (C=O) groups is 1. The Balaban J connectivity index is 1.90. The van der Waals surface area contributed by atoms with Gasteiger partial charge < -0.3 is 14.8 Å². The fourth-order valence-corrected chi connectivity index (χ4v) is 3.52. The lowest BCUT2D eigenvalue weighted by molar-refractivity contribution is -0.147. The van der Waals surface area contributed by atoms with Crippen LogP contribution in [-0.2, 0) is 6.18 Å². The highest BCUT2D eigenvalue weighted by atomic mass is 19.4. The molecule has 1 aliphatic rings. The Morgan fingerprint density at radius 1 is 1.35 bits per heavy atom. The van der Waals surface area contributed by atoms with Crippen LogP contribution >= 0.6 is 0 Å². The SMILES string of the molecule is CC(C)n1c(C(F)(F)F)nc2cc(C(=O)NC3CCCN(C)C3)ccc21. The third-order valence-corrected chi connectivity index (χ3v) is 4.68. The average Bonchev–Trinajstić information content (AvgIpc) is 2.93. The van der Waals surface area contributed by atoms with Gasteiger partial charge in [-0.25, -0.2) is 4.98 Å². The minimum Gasteiger partial charge on any atom is -0.348 e. The summed E-state index contributed by atoms with van der Waals surface area (Å²) in [5, 5.41) is 2.97. The predicted molar refractivity (Wildman–Crippen MR) is 93.1 cm³/mol. The summed E-state index contributed by atoms with van der Waals surface area (Å²) in [6, 6.07) is 4.19. The van der Waals surface area contributed by atoms with E-state index in [1.54, 1.807) is 26.0 Å². The van der Waals surface area contributed by atoms with Crippen molar-refractivity contribution in [1.29, 1.82) is 0 Å². The lowest BCUT2D eigenvalue weighted by atomic mass is 10.1. The van der Waals surface area contributed by atoms with E-state index in [1.807, 2.05) is 7.05 Å². The number of amides is 1. The van der Waals surface area contributed by atoms with Crippen LogP contribution in [0.3, 0.4) is 0 Å². The van der Waals surface area contributed by atoms with Crippen molar-refractivity contribution in [3.05, 3.63) is 29.6 Å². The highest BCUT2D eigenvalue weighted by Gasteiger charge is 2.38. The quantitative estimate of drug-likeness (QED) is 0.903. The van der Waals surface area contributed by atoms with E-state index < -0.39 is 18.0 Å². The number of likely N-dealkylation sites (tertiary alicyclic amines) is 1. The van der Waals surface area contributed by atoms with Crippen LogP contribution in [0.5, 0.6) is 0 Å². The third-order valence-electron chi connectivity index (χ3n) is 4.68. The van der Waals surface area contributed by atoms with Crippen molar-refractivity contribution in [2.45, 2.75) is 44.9 Å².